The third kappa shape index (κ3) is 4.23. The second kappa shape index (κ2) is 7.39. The van der Waals surface area contributed by atoms with Crippen molar-refractivity contribution in [3.8, 4) is 5.75 Å². The summed E-state index contributed by atoms with van der Waals surface area (Å²) >= 11 is 0. The number of hydrogen-bond acceptors (Lipinski definition) is 4. The number of benzene rings is 2. The van der Waals surface area contributed by atoms with Crippen LogP contribution in [-0.4, -0.2) is 27.5 Å². The number of ether oxygens (including phenoxy) is 1. The summed E-state index contributed by atoms with van der Waals surface area (Å²) in [6.07, 6.45) is 0. The molecule has 2 aromatic rings. The Hall–Kier alpha value is -2.38. The van der Waals surface area contributed by atoms with E-state index in [1.165, 1.54) is 12.1 Å². The number of nitrogens with two attached hydrogens (primary N) is 1. The van der Waals surface area contributed by atoms with Crippen LogP contribution < -0.4 is 15.2 Å². The van der Waals surface area contributed by atoms with Gasteiger partial charge in [0.25, 0.3) is 5.91 Å². The first kappa shape index (κ1) is 22.3. The van der Waals surface area contributed by atoms with E-state index < -0.39 is 10.0 Å². The Morgan fingerprint density at radius 1 is 1.10 bits per heavy atom. The van der Waals surface area contributed by atoms with E-state index in [1.807, 2.05) is 18.2 Å². The highest BCUT2D eigenvalue weighted by atomic mass is 32.2. The van der Waals surface area contributed by atoms with Crippen LogP contribution in [0.25, 0.3) is 0 Å². The summed E-state index contributed by atoms with van der Waals surface area (Å²) < 4.78 is 28.4. The van der Waals surface area contributed by atoms with E-state index >= 15 is 0 Å². The van der Waals surface area contributed by atoms with Gasteiger partial charge in [0.1, 0.15) is 5.75 Å². The molecule has 6 nitrogen and oxygen atoms in total. The molecular weight excluding hydrogens is 400 g/mol. The number of methoxy groups -OCH3 is 1. The number of carbonyl (C=O) groups excluding carboxylic acids is 1. The molecule has 2 aromatic carbocycles. The molecule has 3 rings (SSSR count). The molecule has 0 radical (unpaired) electrons. The van der Waals surface area contributed by atoms with Crippen molar-refractivity contribution < 1.29 is 17.9 Å². The molecule has 2 atom stereocenters. The molecule has 0 bridgehead atoms. The number of carbonyl (C=O) groups is 1. The van der Waals surface area contributed by atoms with Crippen LogP contribution in [0.2, 0.25) is 0 Å². The fourth-order valence-corrected chi connectivity index (χ4v) is 4.48. The molecule has 0 aliphatic heterocycles. The molecular formula is C23H30N2O4S. The Morgan fingerprint density at radius 3 is 2.20 bits per heavy atom. The van der Waals surface area contributed by atoms with E-state index in [4.69, 9.17) is 9.88 Å². The number of amides is 1. The minimum Gasteiger partial charge on any atom is -0.496 e. The third-order valence-corrected chi connectivity index (χ3v) is 6.92. The van der Waals surface area contributed by atoms with Gasteiger partial charge in [-0.05, 0) is 46.2 Å². The summed E-state index contributed by atoms with van der Waals surface area (Å²) in [7, 11) is -2.17. The van der Waals surface area contributed by atoms with Crippen molar-refractivity contribution in [2.45, 2.75) is 56.9 Å². The predicted octanol–water partition coefficient (Wildman–Crippen LogP) is 3.56. The van der Waals surface area contributed by atoms with Gasteiger partial charge in [-0.25, -0.2) is 13.6 Å². The molecule has 0 saturated heterocycles. The van der Waals surface area contributed by atoms with Gasteiger partial charge in [-0.15, -0.1) is 0 Å². The molecule has 0 spiro atoms. The summed E-state index contributed by atoms with van der Waals surface area (Å²) in [5, 5.41) is 8.33. The lowest BCUT2D eigenvalue weighted by Gasteiger charge is -2.21. The first-order valence-corrected chi connectivity index (χ1v) is 11.4. The van der Waals surface area contributed by atoms with Gasteiger partial charge in [0.05, 0.1) is 17.6 Å². The van der Waals surface area contributed by atoms with Crippen LogP contribution in [0.15, 0.2) is 47.4 Å². The monoisotopic (exact) mass is 430 g/mol. The van der Waals surface area contributed by atoms with Crippen molar-refractivity contribution in [1.82, 2.24) is 5.32 Å². The van der Waals surface area contributed by atoms with Crippen LogP contribution in [0.1, 0.15) is 62.0 Å². The quantitative estimate of drug-likeness (QED) is 0.758. The fraction of sp³-hybridized carbons (Fsp3) is 0.435. The van der Waals surface area contributed by atoms with Gasteiger partial charge in [-0.2, -0.15) is 0 Å². The maximum absolute atomic E-state index is 13.1. The molecule has 1 amide bonds. The zero-order valence-electron chi connectivity index (χ0n) is 18.3. The highest BCUT2D eigenvalue weighted by Gasteiger charge is 2.59. The number of sulfonamides is 1. The molecule has 0 heterocycles. The van der Waals surface area contributed by atoms with Crippen molar-refractivity contribution >= 4 is 15.9 Å². The van der Waals surface area contributed by atoms with Gasteiger partial charge < -0.3 is 10.1 Å². The van der Waals surface area contributed by atoms with E-state index in [2.05, 4.69) is 39.9 Å². The first-order valence-electron chi connectivity index (χ1n) is 9.89. The maximum Gasteiger partial charge on any atom is 0.255 e. The highest BCUT2D eigenvalue weighted by molar-refractivity contribution is 7.89. The third-order valence-electron chi connectivity index (χ3n) is 5.99. The molecule has 7 heteroatoms. The number of hydrogen-bond donors (Lipinski definition) is 2. The maximum atomic E-state index is 13.1. The zero-order chi connectivity index (χ0) is 22.5. The smallest absolute Gasteiger partial charge is 0.255 e. The Labute approximate surface area is 178 Å². The summed E-state index contributed by atoms with van der Waals surface area (Å²) in [6.45, 7) is 10.5. The standard InChI is InChI=1S/C23H30N2O4S/c1-22(2,3)15-9-12-18(29-6)17(13-15)21(26)25-20-19(23(20,4)5)14-7-10-16(11-8-14)30(24,27)28/h7-13,19-20H,1-6H3,(H,25,26)(H2,24,27,28)/t19-,20-/m0/s1. The second-order valence-corrected chi connectivity index (χ2v) is 11.1. The molecule has 30 heavy (non-hydrogen) atoms. The zero-order valence-corrected chi connectivity index (χ0v) is 19.1. The van der Waals surface area contributed by atoms with E-state index in [0.717, 1.165) is 11.1 Å². The van der Waals surface area contributed by atoms with Gasteiger partial charge in [-0.3, -0.25) is 4.79 Å². The van der Waals surface area contributed by atoms with Crippen molar-refractivity contribution in [3.63, 3.8) is 0 Å². The van der Waals surface area contributed by atoms with Crippen LogP contribution in [0.4, 0.5) is 0 Å². The van der Waals surface area contributed by atoms with E-state index in [9.17, 15) is 13.2 Å². The van der Waals surface area contributed by atoms with Crippen molar-refractivity contribution in [1.29, 1.82) is 0 Å². The largest absolute Gasteiger partial charge is 0.496 e. The van der Waals surface area contributed by atoms with Gasteiger partial charge in [0, 0.05) is 12.0 Å². The number of nitrogens with one attached hydrogen (secondary N) is 1. The van der Waals surface area contributed by atoms with Crippen molar-refractivity contribution in [3.05, 3.63) is 59.2 Å². The van der Waals surface area contributed by atoms with Crippen molar-refractivity contribution in [2.24, 2.45) is 10.6 Å². The van der Waals surface area contributed by atoms with Crippen LogP contribution in [0.5, 0.6) is 5.75 Å². The molecule has 1 aliphatic rings. The fourth-order valence-electron chi connectivity index (χ4n) is 3.97. The summed E-state index contributed by atoms with van der Waals surface area (Å²) in [5.74, 6) is 0.431. The first-order chi connectivity index (χ1) is 13.8. The second-order valence-electron chi connectivity index (χ2n) is 9.53. The lowest BCUT2D eigenvalue weighted by molar-refractivity contribution is 0.0942. The van der Waals surface area contributed by atoms with Crippen molar-refractivity contribution in [2.75, 3.05) is 7.11 Å². The van der Waals surface area contributed by atoms with Gasteiger partial charge in [0.15, 0.2) is 0 Å². The average molecular weight is 431 g/mol. The molecule has 1 saturated carbocycles. The van der Waals surface area contributed by atoms with Crippen LogP contribution >= 0.6 is 0 Å². The predicted molar refractivity (Wildman–Crippen MR) is 117 cm³/mol. The van der Waals surface area contributed by atoms with Gasteiger partial charge >= 0.3 is 0 Å². The Morgan fingerprint density at radius 2 is 1.70 bits per heavy atom. The molecule has 1 fully saturated rings. The molecule has 3 N–H and O–H groups in total. The summed E-state index contributed by atoms with van der Waals surface area (Å²) in [4.78, 5) is 13.2. The molecule has 0 unspecified atom stereocenters. The Bertz CT molecular complexity index is 1070. The Kier molecular flexibility index (Phi) is 5.50. The summed E-state index contributed by atoms with van der Waals surface area (Å²) in [5.41, 5.74) is 2.28. The van der Waals surface area contributed by atoms with Crippen LogP contribution in [0, 0.1) is 5.41 Å². The minimum atomic E-state index is -3.73. The lowest BCUT2D eigenvalue weighted by atomic mass is 9.86. The number of primary sulfonamides is 1. The summed E-state index contributed by atoms with van der Waals surface area (Å²) in [6, 6.07) is 12.2. The van der Waals surface area contributed by atoms with Gasteiger partial charge in [0.2, 0.25) is 10.0 Å². The van der Waals surface area contributed by atoms with Crippen LogP contribution in [-0.2, 0) is 15.4 Å². The molecule has 162 valence electrons. The van der Waals surface area contributed by atoms with E-state index in [-0.39, 0.29) is 33.6 Å². The Balaban J connectivity index is 1.84. The molecule has 1 aliphatic carbocycles. The number of rotatable bonds is 5. The highest BCUT2D eigenvalue weighted by Crippen LogP contribution is 2.58. The average Bonchev–Trinajstić information content (AvgIpc) is 3.19. The van der Waals surface area contributed by atoms with E-state index in [0.29, 0.717) is 11.3 Å². The topological polar surface area (TPSA) is 98.5 Å². The molecule has 0 aromatic heterocycles. The minimum absolute atomic E-state index is 0.0756. The SMILES string of the molecule is COc1ccc(C(C)(C)C)cc1C(=O)N[C@H]1[C@H](c2ccc(S(N)(=O)=O)cc2)C1(C)C. The van der Waals surface area contributed by atoms with Gasteiger partial charge in [-0.1, -0.05) is 52.8 Å². The normalized spacial score (nSPS) is 20.5. The lowest BCUT2D eigenvalue weighted by Crippen LogP contribution is -2.29. The van der Waals surface area contributed by atoms with E-state index in [1.54, 1.807) is 19.2 Å². The van der Waals surface area contributed by atoms with Crippen LogP contribution in [0.3, 0.4) is 0 Å².